The van der Waals surface area contributed by atoms with Gasteiger partial charge >= 0.3 is 6.18 Å². The van der Waals surface area contributed by atoms with Gasteiger partial charge in [0.2, 0.25) is 0 Å². The van der Waals surface area contributed by atoms with Crippen LogP contribution in [0.15, 0.2) is 0 Å². The molecule has 1 aliphatic carbocycles. The zero-order valence-corrected chi connectivity index (χ0v) is 7.94. The number of halogens is 3. The molecule has 84 valence electrons. The van der Waals surface area contributed by atoms with Gasteiger partial charge in [0, 0.05) is 13.2 Å². The van der Waals surface area contributed by atoms with Gasteiger partial charge in [0.1, 0.15) is 6.61 Å². The van der Waals surface area contributed by atoms with Gasteiger partial charge in [0.25, 0.3) is 0 Å². The van der Waals surface area contributed by atoms with Crippen LogP contribution < -0.4 is 0 Å². The van der Waals surface area contributed by atoms with Crippen LogP contribution in [0.5, 0.6) is 0 Å². The first kappa shape index (κ1) is 11.8. The highest BCUT2D eigenvalue weighted by Gasteiger charge is 2.36. The quantitative estimate of drug-likeness (QED) is 0.707. The average molecular weight is 212 g/mol. The predicted octanol–water partition coefficient (Wildman–Crippen LogP) is 2.12. The Labute approximate surface area is 81.1 Å². The normalized spacial score (nSPS) is 20.6. The second kappa shape index (κ2) is 4.49. The van der Waals surface area contributed by atoms with E-state index < -0.39 is 12.8 Å². The van der Waals surface area contributed by atoms with Crippen molar-refractivity contribution in [3.8, 4) is 0 Å². The fourth-order valence-electron chi connectivity index (χ4n) is 1.64. The van der Waals surface area contributed by atoms with E-state index in [9.17, 15) is 13.2 Å². The molecule has 5 heteroatoms. The first-order chi connectivity index (χ1) is 6.47. The Kier molecular flexibility index (Phi) is 3.78. The summed E-state index contributed by atoms with van der Waals surface area (Å²) in [5.41, 5.74) is -0.147. The lowest BCUT2D eigenvalue weighted by molar-refractivity contribution is -0.176. The number of hydrogen-bond donors (Lipinski definition) is 1. The number of aliphatic hydroxyl groups excluding tert-OH is 1. The van der Waals surface area contributed by atoms with Gasteiger partial charge in [0.05, 0.1) is 0 Å². The van der Waals surface area contributed by atoms with Crippen LogP contribution in [0.25, 0.3) is 0 Å². The maximum atomic E-state index is 11.7. The highest BCUT2D eigenvalue weighted by molar-refractivity contribution is 4.86. The summed E-state index contributed by atoms with van der Waals surface area (Å²) in [6.07, 6.45) is -0.858. The second-order valence-electron chi connectivity index (χ2n) is 3.93. The van der Waals surface area contributed by atoms with Crippen molar-refractivity contribution in [2.24, 2.45) is 5.41 Å². The standard InChI is InChI=1S/C9H15F3O2/c10-9(11,12)7-14-5-4-8(6-13)2-1-3-8/h13H,1-7H2. The third-order valence-corrected chi connectivity index (χ3v) is 2.79. The van der Waals surface area contributed by atoms with Gasteiger partial charge in [-0.15, -0.1) is 0 Å². The van der Waals surface area contributed by atoms with E-state index in [0.717, 1.165) is 19.3 Å². The molecule has 0 heterocycles. The van der Waals surface area contributed by atoms with Crippen molar-refractivity contribution in [3.05, 3.63) is 0 Å². The number of aliphatic hydroxyl groups is 1. The van der Waals surface area contributed by atoms with E-state index in [-0.39, 0.29) is 18.6 Å². The average Bonchev–Trinajstić information content (AvgIpc) is 2.00. The zero-order chi connectivity index (χ0) is 10.7. The van der Waals surface area contributed by atoms with Crippen LogP contribution in [0, 0.1) is 5.41 Å². The molecule has 1 N–H and O–H groups in total. The van der Waals surface area contributed by atoms with Gasteiger partial charge in [0.15, 0.2) is 0 Å². The summed E-state index contributed by atoms with van der Waals surface area (Å²) in [4.78, 5) is 0. The minimum absolute atomic E-state index is 0.0579. The summed E-state index contributed by atoms with van der Waals surface area (Å²) in [6.45, 7) is -1.04. The van der Waals surface area contributed by atoms with Crippen molar-refractivity contribution in [1.29, 1.82) is 0 Å². The smallest absolute Gasteiger partial charge is 0.396 e. The molecule has 2 nitrogen and oxygen atoms in total. The Bertz CT molecular complexity index is 170. The summed E-state index contributed by atoms with van der Waals surface area (Å²) < 4.78 is 39.5. The largest absolute Gasteiger partial charge is 0.411 e. The maximum Gasteiger partial charge on any atom is 0.411 e. The summed E-state index contributed by atoms with van der Waals surface area (Å²) in [7, 11) is 0. The van der Waals surface area contributed by atoms with Gasteiger partial charge < -0.3 is 9.84 Å². The second-order valence-corrected chi connectivity index (χ2v) is 3.93. The minimum Gasteiger partial charge on any atom is -0.396 e. The Morgan fingerprint density at radius 2 is 1.93 bits per heavy atom. The SMILES string of the molecule is OCC1(CCOCC(F)(F)F)CCC1. The van der Waals surface area contributed by atoms with E-state index in [1.54, 1.807) is 0 Å². The lowest BCUT2D eigenvalue weighted by Gasteiger charge is -2.40. The zero-order valence-electron chi connectivity index (χ0n) is 7.94. The Hall–Kier alpha value is -0.290. The van der Waals surface area contributed by atoms with E-state index in [4.69, 9.17) is 5.11 Å². The van der Waals surface area contributed by atoms with Gasteiger partial charge in [-0.3, -0.25) is 0 Å². The third kappa shape index (κ3) is 3.46. The molecule has 0 aromatic heterocycles. The Morgan fingerprint density at radius 3 is 2.29 bits per heavy atom. The van der Waals surface area contributed by atoms with E-state index in [1.807, 2.05) is 0 Å². The number of alkyl halides is 3. The van der Waals surface area contributed by atoms with E-state index >= 15 is 0 Å². The highest BCUT2D eigenvalue weighted by atomic mass is 19.4. The Balaban J connectivity index is 2.09. The summed E-state index contributed by atoms with van der Waals surface area (Å²) in [5.74, 6) is 0. The van der Waals surface area contributed by atoms with Crippen LogP contribution in [-0.4, -0.2) is 31.1 Å². The van der Waals surface area contributed by atoms with Crippen LogP contribution in [0.1, 0.15) is 25.7 Å². The topological polar surface area (TPSA) is 29.5 Å². The van der Waals surface area contributed by atoms with Crippen LogP contribution in [0.2, 0.25) is 0 Å². The number of hydrogen-bond acceptors (Lipinski definition) is 2. The fraction of sp³-hybridized carbons (Fsp3) is 1.00. The van der Waals surface area contributed by atoms with Crippen molar-refractivity contribution >= 4 is 0 Å². The molecular weight excluding hydrogens is 197 g/mol. The van der Waals surface area contributed by atoms with Gasteiger partial charge in [-0.2, -0.15) is 13.2 Å². The molecule has 1 aliphatic rings. The molecule has 0 saturated heterocycles. The Morgan fingerprint density at radius 1 is 1.29 bits per heavy atom. The predicted molar refractivity (Wildman–Crippen MR) is 44.9 cm³/mol. The number of rotatable bonds is 5. The monoisotopic (exact) mass is 212 g/mol. The maximum absolute atomic E-state index is 11.7. The van der Waals surface area contributed by atoms with E-state index in [0.29, 0.717) is 6.42 Å². The van der Waals surface area contributed by atoms with Crippen molar-refractivity contribution in [1.82, 2.24) is 0 Å². The van der Waals surface area contributed by atoms with Crippen molar-refractivity contribution in [3.63, 3.8) is 0 Å². The molecule has 0 spiro atoms. The molecule has 1 fully saturated rings. The van der Waals surface area contributed by atoms with E-state index in [1.165, 1.54) is 0 Å². The van der Waals surface area contributed by atoms with Crippen LogP contribution in [-0.2, 0) is 4.74 Å². The van der Waals surface area contributed by atoms with Crippen molar-refractivity contribution < 1.29 is 23.0 Å². The van der Waals surface area contributed by atoms with Gasteiger partial charge in [-0.25, -0.2) is 0 Å². The summed E-state index contributed by atoms with van der Waals surface area (Å²) >= 11 is 0. The van der Waals surface area contributed by atoms with Crippen LogP contribution >= 0.6 is 0 Å². The van der Waals surface area contributed by atoms with Gasteiger partial charge in [-0.1, -0.05) is 6.42 Å². The molecule has 0 unspecified atom stereocenters. The van der Waals surface area contributed by atoms with E-state index in [2.05, 4.69) is 4.74 Å². The molecule has 1 saturated carbocycles. The first-order valence-corrected chi connectivity index (χ1v) is 4.73. The minimum atomic E-state index is -4.24. The molecule has 1 rings (SSSR count). The molecule has 0 aromatic carbocycles. The fourth-order valence-corrected chi connectivity index (χ4v) is 1.64. The number of ether oxygens (including phenoxy) is 1. The molecule has 0 radical (unpaired) electrons. The first-order valence-electron chi connectivity index (χ1n) is 4.73. The van der Waals surface area contributed by atoms with Crippen LogP contribution in [0.4, 0.5) is 13.2 Å². The van der Waals surface area contributed by atoms with Crippen molar-refractivity contribution in [2.75, 3.05) is 19.8 Å². The lowest BCUT2D eigenvalue weighted by Crippen LogP contribution is -2.34. The van der Waals surface area contributed by atoms with Crippen molar-refractivity contribution in [2.45, 2.75) is 31.9 Å². The molecule has 14 heavy (non-hydrogen) atoms. The molecule has 0 amide bonds. The highest BCUT2D eigenvalue weighted by Crippen LogP contribution is 2.43. The summed E-state index contributed by atoms with van der Waals surface area (Å²) in [6, 6.07) is 0. The molecule has 0 aliphatic heterocycles. The van der Waals surface area contributed by atoms with Gasteiger partial charge in [-0.05, 0) is 24.7 Å². The lowest BCUT2D eigenvalue weighted by atomic mass is 9.67. The molecule has 0 aromatic rings. The molecule has 0 atom stereocenters. The summed E-state index contributed by atoms with van der Waals surface area (Å²) in [5, 5.41) is 9.02. The molecular formula is C9H15F3O2. The van der Waals surface area contributed by atoms with Crippen LogP contribution in [0.3, 0.4) is 0 Å². The third-order valence-electron chi connectivity index (χ3n) is 2.79. The molecule has 0 bridgehead atoms.